The van der Waals surface area contributed by atoms with Crippen molar-refractivity contribution in [2.75, 3.05) is 44.2 Å². The average Bonchev–Trinajstić information content (AvgIpc) is 2.48. The molecule has 3 nitrogen and oxygen atoms in total. The minimum atomic E-state index is 0.628. The van der Waals surface area contributed by atoms with Crippen molar-refractivity contribution in [3.63, 3.8) is 0 Å². The molecule has 0 spiro atoms. The van der Waals surface area contributed by atoms with Crippen LogP contribution in [0.1, 0.15) is 20.3 Å². The molecule has 1 aliphatic heterocycles. The van der Waals surface area contributed by atoms with Crippen LogP contribution in [0.5, 0.6) is 0 Å². The normalized spacial score (nSPS) is 18.2. The van der Waals surface area contributed by atoms with Gasteiger partial charge >= 0.3 is 0 Å². The predicted octanol–water partition coefficient (Wildman–Crippen LogP) is 2.85. The van der Waals surface area contributed by atoms with E-state index < -0.39 is 0 Å². The summed E-state index contributed by atoms with van der Waals surface area (Å²) in [6.07, 6.45) is 1.20. The number of benzene rings is 1. The van der Waals surface area contributed by atoms with Crippen LogP contribution in [-0.2, 0) is 0 Å². The van der Waals surface area contributed by atoms with Crippen molar-refractivity contribution in [1.29, 1.82) is 0 Å². The zero-order valence-electron chi connectivity index (χ0n) is 12.6. The van der Waals surface area contributed by atoms with Gasteiger partial charge in [-0.2, -0.15) is 0 Å². The van der Waals surface area contributed by atoms with Crippen LogP contribution in [0, 0.1) is 0 Å². The van der Waals surface area contributed by atoms with Gasteiger partial charge in [-0.3, -0.25) is 4.90 Å². The zero-order chi connectivity index (χ0) is 14.4. The molecule has 4 heteroatoms. The van der Waals surface area contributed by atoms with Gasteiger partial charge in [0.1, 0.15) is 0 Å². The minimum absolute atomic E-state index is 0.628. The fraction of sp³-hybridized carbons (Fsp3) is 0.625. The molecule has 1 saturated heterocycles. The number of piperazine rings is 1. The summed E-state index contributed by atoms with van der Waals surface area (Å²) in [7, 11) is 0. The molecule has 20 heavy (non-hydrogen) atoms. The lowest BCUT2D eigenvalue weighted by Crippen LogP contribution is -2.48. The van der Waals surface area contributed by atoms with Crippen LogP contribution in [0.15, 0.2) is 24.3 Å². The van der Waals surface area contributed by atoms with Gasteiger partial charge in [0, 0.05) is 56.0 Å². The molecule has 112 valence electrons. The molecule has 2 rings (SSSR count). The Kier molecular flexibility index (Phi) is 6.14. The molecule has 0 saturated carbocycles. The lowest BCUT2D eigenvalue weighted by molar-refractivity contribution is 0.254. The van der Waals surface area contributed by atoms with E-state index >= 15 is 0 Å². The summed E-state index contributed by atoms with van der Waals surface area (Å²) in [4.78, 5) is 4.96. The van der Waals surface area contributed by atoms with Crippen LogP contribution in [0.3, 0.4) is 0 Å². The highest BCUT2D eigenvalue weighted by Crippen LogP contribution is 2.20. The standard InChI is InChI=1S/C16H26ClN3/c1-3-14(2)18-7-8-19-9-11-20(12-10-19)16-6-4-5-15(17)13-16/h4-6,13-14,18H,3,7-12H2,1-2H3. The van der Waals surface area contributed by atoms with Gasteiger partial charge in [-0.15, -0.1) is 0 Å². The van der Waals surface area contributed by atoms with E-state index in [0.717, 1.165) is 44.3 Å². The van der Waals surface area contributed by atoms with E-state index in [9.17, 15) is 0 Å². The second kappa shape index (κ2) is 7.87. The third-order valence-corrected chi connectivity index (χ3v) is 4.31. The average molecular weight is 296 g/mol. The van der Waals surface area contributed by atoms with E-state index in [-0.39, 0.29) is 0 Å². The van der Waals surface area contributed by atoms with Gasteiger partial charge in [0.15, 0.2) is 0 Å². The summed E-state index contributed by atoms with van der Waals surface area (Å²) in [5.41, 5.74) is 1.25. The van der Waals surface area contributed by atoms with E-state index in [1.807, 2.05) is 12.1 Å². The fourth-order valence-electron chi connectivity index (χ4n) is 2.52. The third-order valence-electron chi connectivity index (χ3n) is 4.08. The van der Waals surface area contributed by atoms with Crippen molar-refractivity contribution in [1.82, 2.24) is 10.2 Å². The first-order valence-corrected chi connectivity index (χ1v) is 8.03. The number of halogens is 1. The first-order valence-electron chi connectivity index (χ1n) is 7.65. The maximum Gasteiger partial charge on any atom is 0.0426 e. The van der Waals surface area contributed by atoms with E-state index in [2.05, 4.69) is 41.1 Å². The Bertz CT molecular complexity index is 402. The first-order chi connectivity index (χ1) is 9.69. The third kappa shape index (κ3) is 4.65. The summed E-state index contributed by atoms with van der Waals surface area (Å²) < 4.78 is 0. The van der Waals surface area contributed by atoms with Gasteiger partial charge < -0.3 is 10.2 Å². The second-order valence-electron chi connectivity index (χ2n) is 5.57. The zero-order valence-corrected chi connectivity index (χ0v) is 13.4. The number of rotatable bonds is 6. The molecule has 1 aliphatic rings. The summed E-state index contributed by atoms with van der Waals surface area (Å²) in [5, 5.41) is 4.38. The van der Waals surface area contributed by atoms with Gasteiger partial charge in [-0.25, -0.2) is 0 Å². The molecule has 1 atom stereocenters. The Labute approximate surface area is 127 Å². The maximum absolute atomic E-state index is 6.06. The molecule has 1 aromatic rings. The largest absolute Gasteiger partial charge is 0.369 e. The van der Waals surface area contributed by atoms with Crippen LogP contribution in [0.25, 0.3) is 0 Å². The molecule has 0 aromatic heterocycles. The maximum atomic E-state index is 6.06. The highest BCUT2D eigenvalue weighted by molar-refractivity contribution is 6.30. The summed E-state index contributed by atoms with van der Waals surface area (Å²) >= 11 is 6.06. The summed E-state index contributed by atoms with van der Waals surface area (Å²) in [6, 6.07) is 8.79. The van der Waals surface area contributed by atoms with Crippen LogP contribution in [0.2, 0.25) is 5.02 Å². The van der Waals surface area contributed by atoms with E-state index in [1.165, 1.54) is 12.1 Å². The van der Waals surface area contributed by atoms with Crippen LogP contribution >= 0.6 is 11.6 Å². The van der Waals surface area contributed by atoms with Crippen LogP contribution < -0.4 is 10.2 Å². The van der Waals surface area contributed by atoms with Gasteiger partial charge in [0.05, 0.1) is 0 Å². The molecule has 0 aliphatic carbocycles. The Morgan fingerprint density at radius 2 is 2.00 bits per heavy atom. The van der Waals surface area contributed by atoms with Gasteiger partial charge in [-0.1, -0.05) is 24.6 Å². The van der Waals surface area contributed by atoms with E-state index in [0.29, 0.717) is 6.04 Å². The number of hydrogen-bond donors (Lipinski definition) is 1. The van der Waals surface area contributed by atoms with Crippen molar-refractivity contribution in [2.24, 2.45) is 0 Å². The van der Waals surface area contributed by atoms with Gasteiger partial charge in [0.2, 0.25) is 0 Å². The Morgan fingerprint density at radius 3 is 2.65 bits per heavy atom. The van der Waals surface area contributed by atoms with Gasteiger partial charge in [0.25, 0.3) is 0 Å². The minimum Gasteiger partial charge on any atom is -0.369 e. The topological polar surface area (TPSA) is 18.5 Å². The number of nitrogens with one attached hydrogen (secondary N) is 1. The highest BCUT2D eigenvalue weighted by Gasteiger charge is 2.16. The molecule has 1 unspecified atom stereocenters. The van der Waals surface area contributed by atoms with Crippen molar-refractivity contribution >= 4 is 17.3 Å². The van der Waals surface area contributed by atoms with Gasteiger partial charge in [-0.05, 0) is 31.5 Å². The van der Waals surface area contributed by atoms with Crippen LogP contribution in [-0.4, -0.2) is 50.2 Å². The quantitative estimate of drug-likeness (QED) is 0.871. The Balaban J connectivity index is 1.72. The monoisotopic (exact) mass is 295 g/mol. The Morgan fingerprint density at radius 1 is 1.25 bits per heavy atom. The molecule has 1 N–H and O–H groups in total. The highest BCUT2D eigenvalue weighted by atomic mass is 35.5. The predicted molar refractivity (Wildman–Crippen MR) is 87.9 cm³/mol. The lowest BCUT2D eigenvalue weighted by Gasteiger charge is -2.36. The first kappa shape index (κ1) is 15.6. The SMILES string of the molecule is CCC(C)NCCN1CCN(c2cccc(Cl)c2)CC1. The van der Waals surface area contributed by atoms with Crippen molar-refractivity contribution < 1.29 is 0 Å². The second-order valence-corrected chi connectivity index (χ2v) is 6.01. The van der Waals surface area contributed by atoms with Crippen molar-refractivity contribution in [3.8, 4) is 0 Å². The molecule has 0 amide bonds. The molecule has 1 fully saturated rings. The molecular formula is C16H26ClN3. The lowest BCUT2D eigenvalue weighted by atomic mass is 10.2. The number of nitrogens with zero attached hydrogens (tertiary/aromatic N) is 2. The molecule has 0 radical (unpaired) electrons. The smallest absolute Gasteiger partial charge is 0.0426 e. The van der Waals surface area contributed by atoms with E-state index in [1.54, 1.807) is 0 Å². The molecule has 1 aromatic carbocycles. The summed E-state index contributed by atoms with van der Waals surface area (Å²) in [6.45, 7) is 11.1. The molecular weight excluding hydrogens is 270 g/mol. The molecule has 1 heterocycles. The van der Waals surface area contributed by atoms with Crippen LogP contribution in [0.4, 0.5) is 5.69 Å². The number of anilines is 1. The molecule has 0 bridgehead atoms. The summed E-state index contributed by atoms with van der Waals surface area (Å²) in [5.74, 6) is 0. The van der Waals surface area contributed by atoms with E-state index in [4.69, 9.17) is 11.6 Å². The number of hydrogen-bond acceptors (Lipinski definition) is 3. The van der Waals surface area contributed by atoms with Crippen molar-refractivity contribution in [2.45, 2.75) is 26.3 Å². The fourth-order valence-corrected chi connectivity index (χ4v) is 2.70. The Hall–Kier alpha value is -0.770. The van der Waals surface area contributed by atoms with Crippen molar-refractivity contribution in [3.05, 3.63) is 29.3 Å².